The van der Waals surface area contributed by atoms with Crippen LogP contribution in [-0.4, -0.2) is 26.2 Å². The molecular weight excluding hydrogens is 172 g/mol. The highest BCUT2D eigenvalue weighted by atomic mass is 16.5. The molecule has 0 unspecified atom stereocenters. The Morgan fingerprint density at radius 1 is 0.923 bits per heavy atom. The monoisotopic (exact) mass is 190 g/mol. The third kappa shape index (κ3) is 24.8. The molecule has 0 aromatic carbocycles. The Bertz CT molecular complexity index is 104. The standard InChI is InChI=1S/C5H10O2.C4H8O2/c1-2-3-4-7-5-6;1-2-3-6-4-5/h5H,2-4H2,1H3;4H,2-3H2,1H3. The number of carbonyl (C=O) groups is 2. The van der Waals surface area contributed by atoms with Gasteiger partial charge in [-0.3, -0.25) is 9.59 Å². The van der Waals surface area contributed by atoms with Crippen LogP contribution in [0.3, 0.4) is 0 Å². The largest absolute Gasteiger partial charge is 0.468 e. The fraction of sp³-hybridized carbons (Fsp3) is 0.778. The lowest BCUT2D eigenvalue weighted by Crippen LogP contribution is -1.88. The summed E-state index contributed by atoms with van der Waals surface area (Å²) >= 11 is 0. The van der Waals surface area contributed by atoms with Crippen LogP contribution in [0.4, 0.5) is 0 Å². The van der Waals surface area contributed by atoms with Gasteiger partial charge in [0.2, 0.25) is 0 Å². The van der Waals surface area contributed by atoms with E-state index >= 15 is 0 Å². The highest BCUT2D eigenvalue weighted by Gasteiger charge is 1.78. The minimum absolute atomic E-state index is 0.462. The van der Waals surface area contributed by atoms with Gasteiger partial charge in [0.25, 0.3) is 12.9 Å². The first-order chi connectivity index (χ1) is 6.33. The first-order valence-electron chi connectivity index (χ1n) is 4.43. The van der Waals surface area contributed by atoms with Crippen LogP contribution < -0.4 is 0 Å². The maximum Gasteiger partial charge on any atom is 0.293 e. The van der Waals surface area contributed by atoms with Gasteiger partial charge in [-0.2, -0.15) is 0 Å². The summed E-state index contributed by atoms with van der Waals surface area (Å²) in [4.78, 5) is 18.8. The number of unbranched alkanes of at least 4 members (excludes halogenated alkanes) is 1. The molecule has 0 aromatic rings. The molecule has 0 aromatic heterocycles. The highest BCUT2D eigenvalue weighted by molar-refractivity contribution is 5.36. The van der Waals surface area contributed by atoms with Gasteiger partial charge in [0.15, 0.2) is 0 Å². The predicted octanol–water partition coefficient (Wildman–Crippen LogP) is 1.53. The number of carbonyl (C=O) groups excluding carboxylic acids is 2. The number of rotatable bonds is 7. The van der Waals surface area contributed by atoms with E-state index in [0.29, 0.717) is 26.2 Å². The van der Waals surface area contributed by atoms with E-state index in [1.165, 1.54) is 0 Å². The van der Waals surface area contributed by atoms with Crippen molar-refractivity contribution >= 4 is 12.9 Å². The van der Waals surface area contributed by atoms with Crippen LogP contribution in [0, 0.1) is 0 Å². The smallest absolute Gasteiger partial charge is 0.293 e. The van der Waals surface area contributed by atoms with Crippen molar-refractivity contribution in [3.05, 3.63) is 0 Å². The summed E-state index contributed by atoms with van der Waals surface area (Å²) in [6, 6.07) is 0. The van der Waals surface area contributed by atoms with Crippen LogP contribution in [-0.2, 0) is 19.1 Å². The molecule has 78 valence electrons. The van der Waals surface area contributed by atoms with E-state index in [4.69, 9.17) is 0 Å². The Morgan fingerprint density at radius 3 is 1.77 bits per heavy atom. The zero-order valence-electron chi connectivity index (χ0n) is 8.32. The minimum Gasteiger partial charge on any atom is -0.468 e. The van der Waals surface area contributed by atoms with Crippen molar-refractivity contribution in [1.82, 2.24) is 0 Å². The highest BCUT2D eigenvalue weighted by Crippen LogP contribution is 1.83. The van der Waals surface area contributed by atoms with Gasteiger partial charge in [-0.25, -0.2) is 0 Å². The molecule has 0 aliphatic heterocycles. The van der Waals surface area contributed by atoms with E-state index in [1.807, 2.05) is 13.8 Å². The molecule has 0 saturated heterocycles. The molecule has 0 bridgehead atoms. The fourth-order valence-corrected chi connectivity index (χ4v) is 0.442. The Balaban J connectivity index is 0. The second kappa shape index (κ2) is 17.1. The quantitative estimate of drug-likeness (QED) is 0.451. The van der Waals surface area contributed by atoms with Crippen LogP contribution >= 0.6 is 0 Å². The van der Waals surface area contributed by atoms with Crippen molar-refractivity contribution in [1.29, 1.82) is 0 Å². The van der Waals surface area contributed by atoms with Gasteiger partial charge in [-0.1, -0.05) is 20.3 Å². The molecule has 0 atom stereocenters. The maximum atomic E-state index is 9.46. The molecule has 4 heteroatoms. The van der Waals surface area contributed by atoms with E-state index in [9.17, 15) is 9.59 Å². The molecule has 0 fully saturated rings. The number of hydrogen-bond donors (Lipinski definition) is 0. The van der Waals surface area contributed by atoms with E-state index in [1.54, 1.807) is 0 Å². The molecule has 0 heterocycles. The lowest BCUT2D eigenvalue weighted by molar-refractivity contribution is -0.129. The van der Waals surface area contributed by atoms with Crippen LogP contribution in [0.1, 0.15) is 33.1 Å². The molecule has 0 aliphatic rings. The molecule has 13 heavy (non-hydrogen) atoms. The van der Waals surface area contributed by atoms with E-state index in [-0.39, 0.29) is 0 Å². The summed E-state index contributed by atoms with van der Waals surface area (Å²) < 4.78 is 8.70. The number of hydrogen-bond acceptors (Lipinski definition) is 4. The lowest BCUT2D eigenvalue weighted by Gasteiger charge is -1.90. The van der Waals surface area contributed by atoms with Gasteiger partial charge in [-0.05, 0) is 12.8 Å². The van der Waals surface area contributed by atoms with Crippen molar-refractivity contribution in [3.8, 4) is 0 Å². The third-order valence-electron chi connectivity index (χ3n) is 1.07. The van der Waals surface area contributed by atoms with E-state index in [0.717, 1.165) is 19.3 Å². The first-order valence-corrected chi connectivity index (χ1v) is 4.43. The van der Waals surface area contributed by atoms with E-state index < -0.39 is 0 Å². The summed E-state index contributed by atoms with van der Waals surface area (Å²) in [5, 5.41) is 0. The molecule has 0 N–H and O–H groups in total. The van der Waals surface area contributed by atoms with Gasteiger partial charge >= 0.3 is 0 Å². The van der Waals surface area contributed by atoms with Crippen molar-refractivity contribution in [2.45, 2.75) is 33.1 Å². The second-order valence-corrected chi connectivity index (χ2v) is 2.29. The van der Waals surface area contributed by atoms with Gasteiger partial charge in [-0.15, -0.1) is 0 Å². The molecule has 0 aliphatic carbocycles. The van der Waals surface area contributed by atoms with Crippen molar-refractivity contribution in [2.75, 3.05) is 13.2 Å². The van der Waals surface area contributed by atoms with Crippen molar-refractivity contribution in [3.63, 3.8) is 0 Å². The topological polar surface area (TPSA) is 52.6 Å². The van der Waals surface area contributed by atoms with E-state index in [2.05, 4.69) is 9.47 Å². The lowest BCUT2D eigenvalue weighted by atomic mass is 10.4. The molecule has 0 spiro atoms. The summed E-state index contributed by atoms with van der Waals surface area (Å²) in [5.41, 5.74) is 0. The predicted molar refractivity (Wildman–Crippen MR) is 49.2 cm³/mol. The normalized spacial score (nSPS) is 7.85. The average molecular weight is 190 g/mol. The SMILES string of the molecule is CCCCOC=O.CCCOC=O. The molecule has 0 amide bonds. The van der Waals surface area contributed by atoms with Crippen LogP contribution in [0.25, 0.3) is 0 Å². The average Bonchev–Trinajstić information content (AvgIpc) is 2.17. The van der Waals surface area contributed by atoms with Gasteiger partial charge in [0.05, 0.1) is 13.2 Å². The second-order valence-electron chi connectivity index (χ2n) is 2.29. The Hall–Kier alpha value is -1.06. The zero-order chi connectivity index (χ0) is 10.4. The van der Waals surface area contributed by atoms with Crippen LogP contribution in [0.5, 0.6) is 0 Å². The van der Waals surface area contributed by atoms with Crippen molar-refractivity contribution in [2.24, 2.45) is 0 Å². The molecule has 0 radical (unpaired) electrons. The van der Waals surface area contributed by atoms with Gasteiger partial charge in [0, 0.05) is 0 Å². The van der Waals surface area contributed by atoms with Crippen LogP contribution in [0.2, 0.25) is 0 Å². The van der Waals surface area contributed by atoms with Gasteiger partial charge < -0.3 is 9.47 Å². The van der Waals surface area contributed by atoms with Crippen molar-refractivity contribution < 1.29 is 19.1 Å². The van der Waals surface area contributed by atoms with Gasteiger partial charge in [0.1, 0.15) is 0 Å². The third-order valence-corrected chi connectivity index (χ3v) is 1.07. The maximum absolute atomic E-state index is 9.46. The Labute approximate surface area is 79.2 Å². The summed E-state index contributed by atoms with van der Waals surface area (Å²) in [6.45, 7) is 6.06. The number of ether oxygens (including phenoxy) is 2. The van der Waals surface area contributed by atoms with Crippen LogP contribution in [0.15, 0.2) is 0 Å². The summed E-state index contributed by atoms with van der Waals surface area (Å²) in [5.74, 6) is 0. The molecule has 0 rings (SSSR count). The molecular formula is C9H18O4. The summed E-state index contributed by atoms with van der Waals surface area (Å²) in [6.07, 6.45) is 2.95. The summed E-state index contributed by atoms with van der Waals surface area (Å²) in [7, 11) is 0. The minimum atomic E-state index is 0.462. The Kier molecular flexibility index (Phi) is 19.1. The molecule has 4 nitrogen and oxygen atoms in total. The first kappa shape index (κ1) is 14.5. The zero-order valence-corrected chi connectivity index (χ0v) is 8.32. The fourth-order valence-electron chi connectivity index (χ4n) is 0.442. The molecule has 0 saturated carbocycles. The Morgan fingerprint density at radius 2 is 1.46 bits per heavy atom.